The van der Waals surface area contributed by atoms with Gasteiger partial charge in [0.15, 0.2) is 0 Å². The molecule has 114 valence electrons. The predicted octanol–water partition coefficient (Wildman–Crippen LogP) is 4.34. The molecular weight excluding hydrogens is 320 g/mol. The van der Waals surface area contributed by atoms with Crippen LogP contribution in [0.2, 0.25) is 0 Å². The van der Waals surface area contributed by atoms with Gasteiger partial charge in [0.25, 0.3) is 0 Å². The standard InChI is InChI=1S/C16H14O4S2/c1-11(17)19-13-7-3-5-9-15(13)21-22-16-10-6-4-8-14(16)20-12(2)18/h3-10H,1-2H3. The van der Waals surface area contributed by atoms with E-state index in [0.717, 1.165) is 9.79 Å². The average Bonchev–Trinajstić information content (AvgIpc) is 2.46. The molecule has 2 rings (SSSR count). The number of esters is 2. The largest absolute Gasteiger partial charge is 0.425 e. The highest BCUT2D eigenvalue weighted by Crippen LogP contribution is 2.44. The van der Waals surface area contributed by atoms with Gasteiger partial charge in [-0.25, -0.2) is 0 Å². The van der Waals surface area contributed by atoms with Crippen LogP contribution in [0.3, 0.4) is 0 Å². The summed E-state index contributed by atoms with van der Waals surface area (Å²) in [7, 11) is 2.86. The Morgan fingerprint density at radius 3 is 1.45 bits per heavy atom. The van der Waals surface area contributed by atoms with Crippen LogP contribution in [0.4, 0.5) is 0 Å². The number of rotatable bonds is 5. The molecule has 0 fully saturated rings. The number of benzene rings is 2. The Labute approximate surface area is 136 Å². The van der Waals surface area contributed by atoms with Gasteiger partial charge < -0.3 is 9.47 Å². The van der Waals surface area contributed by atoms with Crippen LogP contribution in [-0.2, 0) is 9.59 Å². The Hall–Kier alpha value is -1.92. The van der Waals surface area contributed by atoms with E-state index in [0.29, 0.717) is 11.5 Å². The van der Waals surface area contributed by atoms with Gasteiger partial charge in [-0.3, -0.25) is 9.59 Å². The summed E-state index contributed by atoms with van der Waals surface area (Å²) < 4.78 is 10.3. The van der Waals surface area contributed by atoms with E-state index in [-0.39, 0.29) is 11.9 Å². The molecule has 0 heterocycles. The van der Waals surface area contributed by atoms with Gasteiger partial charge in [-0.1, -0.05) is 24.3 Å². The first-order valence-corrected chi connectivity index (χ1v) is 8.60. The van der Waals surface area contributed by atoms with Gasteiger partial charge in [0, 0.05) is 13.8 Å². The monoisotopic (exact) mass is 334 g/mol. The molecule has 0 spiro atoms. The third kappa shape index (κ3) is 4.82. The second-order valence-electron chi connectivity index (χ2n) is 4.25. The zero-order valence-corrected chi connectivity index (χ0v) is 13.7. The summed E-state index contributed by atoms with van der Waals surface area (Å²) in [5.74, 6) is 0.298. The Bertz CT molecular complexity index is 626. The second-order valence-corrected chi connectivity index (χ2v) is 6.46. The minimum absolute atomic E-state index is 0.363. The van der Waals surface area contributed by atoms with Crippen molar-refractivity contribution in [1.82, 2.24) is 0 Å². The summed E-state index contributed by atoms with van der Waals surface area (Å²) in [6.07, 6.45) is 0. The summed E-state index contributed by atoms with van der Waals surface area (Å²) in [6, 6.07) is 14.6. The zero-order valence-electron chi connectivity index (χ0n) is 12.1. The predicted molar refractivity (Wildman–Crippen MR) is 87.2 cm³/mol. The van der Waals surface area contributed by atoms with Crippen molar-refractivity contribution >= 4 is 33.5 Å². The van der Waals surface area contributed by atoms with E-state index < -0.39 is 0 Å². The zero-order chi connectivity index (χ0) is 15.9. The van der Waals surface area contributed by atoms with Crippen molar-refractivity contribution in [3.05, 3.63) is 48.5 Å². The van der Waals surface area contributed by atoms with Crippen LogP contribution in [0.25, 0.3) is 0 Å². The van der Waals surface area contributed by atoms with E-state index in [4.69, 9.17) is 9.47 Å². The number of hydrogen-bond donors (Lipinski definition) is 0. The van der Waals surface area contributed by atoms with Crippen molar-refractivity contribution in [1.29, 1.82) is 0 Å². The van der Waals surface area contributed by atoms with Crippen molar-refractivity contribution in [3.8, 4) is 11.5 Å². The Kier molecular flexibility index (Phi) is 5.91. The highest BCUT2D eigenvalue weighted by molar-refractivity contribution is 8.76. The summed E-state index contributed by atoms with van der Waals surface area (Å²) in [5.41, 5.74) is 0. The fourth-order valence-corrected chi connectivity index (χ4v) is 3.80. The summed E-state index contributed by atoms with van der Waals surface area (Å²) in [6.45, 7) is 2.73. The molecule has 22 heavy (non-hydrogen) atoms. The third-order valence-corrected chi connectivity index (χ3v) is 4.87. The van der Waals surface area contributed by atoms with E-state index >= 15 is 0 Å². The Morgan fingerprint density at radius 2 is 1.09 bits per heavy atom. The lowest BCUT2D eigenvalue weighted by Crippen LogP contribution is -2.02. The molecule has 2 aromatic rings. The second kappa shape index (κ2) is 7.91. The van der Waals surface area contributed by atoms with Crippen molar-refractivity contribution < 1.29 is 19.1 Å². The summed E-state index contributed by atoms with van der Waals surface area (Å²) in [5, 5.41) is 0. The fourth-order valence-electron chi connectivity index (χ4n) is 1.61. The number of para-hydroxylation sites is 2. The first-order valence-electron chi connectivity index (χ1n) is 6.45. The van der Waals surface area contributed by atoms with Gasteiger partial charge in [0.1, 0.15) is 11.5 Å². The maximum atomic E-state index is 11.1. The molecule has 0 aromatic heterocycles. The van der Waals surface area contributed by atoms with E-state index in [2.05, 4.69) is 0 Å². The molecule has 0 aliphatic carbocycles. The maximum Gasteiger partial charge on any atom is 0.308 e. The van der Waals surface area contributed by atoms with E-state index in [1.807, 2.05) is 24.3 Å². The van der Waals surface area contributed by atoms with Crippen molar-refractivity contribution in [2.45, 2.75) is 23.6 Å². The lowest BCUT2D eigenvalue weighted by molar-refractivity contribution is -0.133. The number of ether oxygens (including phenoxy) is 2. The minimum Gasteiger partial charge on any atom is -0.425 e. The highest BCUT2D eigenvalue weighted by atomic mass is 33.1. The van der Waals surface area contributed by atoms with Crippen LogP contribution >= 0.6 is 21.6 Å². The molecule has 0 N–H and O–H groups in total. The van der Waals surface area contributed by atoms with Gasteiger partial charge in [-0.15, -0.1) is 0 Å². The van der Waals surface area contributed by atoms with Gasteiger partial charge in [0.2, 0.25) is 0 Å². The van der Waals surface area contributed by atoms with Crippen LogP contribution in [-0.4, -0.2) is 11.9 Å². The summed E-state index contributed by atoms with van der Waals surface area (Å²) >= 11 is 0. The lowest BCUT2D eigenvalue weighted by atomic mass is 10.3. The molecule has 0 saturated heterocycles. The smallest absolute Gasteiger partial charge is 0.308 e. The SMILES string of the molecule is CC(=O)Oc1ccccc1SSc1ccccc1OC(C)=O. The molecule has 0 unspecified atom stereocenters. The van der Waals surface area contributed by atoms with Crippen molar-refractivity contribution in [2.24, 2.45) is 0 Å². The minimum atomic E-state index is -0.363. The molecule has 2 aromatic carbocycles. The summed E-state index contributed by atoms with van der Waals surface area (Å²) in [4.78, 5) is 23.9. The number of carbonyl (C=O) groups is 2. The molecule has 0 aliphatic rings. The van der Waals surface area contributed by atoms with E-state index in [1.165, 1.54) is 35.4 Å². The molecule has 0 atom stereocenters. The van der Waals surface area contributed by atoms with Gasteiger partial charge in [-0.05, 0) is 45.9 Å². The van der Waals surface area contributed by atoms with Crippen LogP contribution in [0.5, 0.6) is 11.5 Å². The fraction of sp³-hybridized carbons (Fsp3) is 0.125. The van der Waals surface area contributed by atoms with Crippen LogP contribution in [0, 0.1) is 0 Å². The third-order valence-electron chi connectivity index (χ3n) is 2.43. The molecule has 0 bridgehead atoms. The first kappa shape index (κ1) is 16.5. The highest BCUT2D eigenvalue weighted by Gasteiger charge is 2.10. The van der Waals surface area contributed by atoms with Crippen LogP contribution in [0.15, 0.2) is 58.3 Å². The first-order chi connectivity index (χ1) is 10.6. The van der Waals surface area contributed by atoms with E-state index in [1.54, 1.807) is 24.3 Å². The molecule has 0 amide bonds. The normalized spacial score (nSPS) is 10.1. The van der Waals surface area contributed by atoms with Crippen molar-refractivity contribution in [2.75, 3.05) is 0 Å². The Morgan fingerprint density at radius 1 is 0.727 bits per heavy atom. The van der Waals surface area contributed by atoms with Gasteiger partial charge in [0.05, 0.1) is 9.79 Å². The quantitative estimate of drug-likeness (QED) is 0.461. The van der Waals surface area contributed by atoms with Gasteiger partial charge in [-0.2, -0.15) is 0 Å². The molecule has 4 nitrogen and oxygen atoms in total. The topological polar surface area (TPSA) is 52.6 Å². The maximum absolute atomic E-state index is 11.1. The van der Waals surface area contributed by atoms with Gasteiger partial charge >= 0.3 is 11.9 Å². The average molecular weight is 334 g/mol. The lowest BCUT2D eigenvalue weighted by Gasteiger charge is -2.10. The molecule has 0 aliphatic heterocycles. The molecule has 0 radical (unpaired) electrons. The molecular formula is C16H14O4S2. The number of carbonyl (C=O) groups excluding carboxylic acids is 2. The molecule has 0 saturated carbocycles. The number of hydrogen-bond acceptors (Lipinski definition) is 6. The van der Waals surface area contributed by atoms with E-state index in [9.17, 15) is 9.59 Å². The Balaban J connectivity index is 2.14. The van der Waals surface area contributed by atoms with Crippen LogP contribution < -0.4 is 9.47 Å². The van der Waals surface area contributed by atoms with Crippen molar-refractivity contribution in [3.63, 3.8) is 0 Å². The molecule has 6 heteroatoms. The van der Waals surface area contributed by atoms with Crippen LogP contribution in [0.1, 0.15) is 13.8 Å².